The summed E-state index contributed by atoms with van der Waals surface area (Å²) in [5.41, 5.74) is 8.75. The highest BCUT2D eigenvalue weighted by Crippen LogP contribution is 2.50. The van der Waals surface area contributed by atoms with Gasteiger partial charge >= 0.3 is 0 Å². The zero-order chi connectivity index (χ0) is 30.9. The van der Waals surface area contributed by atoms with Gasteiger partial charge in [-0.1, -0.05) is 133 Å². The van der Waals surface area contributed by atoms with Gasteiger partial charge in [0.25, 0.3) is 0 Å². The Morgan fingerprint density at radius 3 is 2.04 bits per heavy atom. The van der Waals surface area contributed by atoms with Gasteiger partial charge < -0.3 is 4.74 Å². The molecule has 1 atom stereocenters. The minimum absolute atomic E-state index is 0.283. The van der Waals surface area contributed by atoms with Crippen molar-refractivity contribution in [1.29, 1.82) is 0 Å². The normalized spacial score (nSPS) is 15.1. The zero-order valence-corrected chi connectivity index (χ0v) is 25.8. The number of fused-ring (bicyclic) bond motifs is 8. The van der Waals surface area contributed by atoms with Crippen LogP contribution in [0.3, 0.4) is 0 Å². The van der Waals surface area contributed by atoms with Crippen molar-refractivity contribution >= 4 is 43.1 Å². The van der Waals surface area contributed by atoms with Crippen molar-refractivity contribution in [1.82, 2.24) is 0 Å². The minimum Gasteiger partial charge on any atom is -0.461 e. The number of ether oxygens (including phenoxy) is 1. The summed E-state index contributed by atoms with van der Waals surface area (Å²) < 4.78 is 6.29. The largest absolute Gasteiger partial charge is 0.461 e. The summed E-state index contributed by atoms with van der Waals surface area (Å²) in [4.78, 5) is 0. The van der Waals surface area contributed by atoms with Crippen LogP contribution in [0.4, 0.5) is 0 Å². The van der Waals surface area contributed by atoms with Crippen molar-refractivity contribution in [3.8, 4) is 39.1 Å². The lowest BCUT2D eigenvalue weighted by Gasteiger charge is -2.20. The number of rotatable bonds is 3. The number of allylic oxidation sites excluding steroid dienone is 4. The Bertz CT molecular complexity index is 2640. The molecule has 47 heavy (non-hydrogen) atoms. The Morgan fingerprint density at radius 1 is 0.468 bits per heavy atom. The Morgan fingerprint density at radius 2 is 1.15 bits per heavy atom. The average Bonchev–Trinajstić information content (AvgIpc) is 3.51. The fraction of sp³-hybridized carbons (Fsp3) is 0.0435. The van der Waals surface area contributed by atoms with Crippen LogP contribution < -0.4 is 4.74 Å². The highest BCUT2D eigenvalue weighted by molar-refractivity contribution is 6.28. The van der Waals surface area contributed by atoms with Crippen LogP contribution >= 0.6 is 0 Å². The maximum atomic E-state index is 6.29. The molecule has 0 N–H and O–H groups in total. The molecule has 0 fully saturated rings. The molecule has 0 aromatic heterocycles. The molecule has 10 rings (SSSR count). The van der Waals surface area contributed by atoms with E-state index in [0.29, 0.717) is 0 Å². The molecule has 0 saturated carbocycles. The van der Waals surface area contributed by atoms with Gasteiger partial charge in [0.05, 0.1) is 0 Å². The van der Waals surface area contributed by atoms with Crippen molar-refractivity contribution in [2.45, 2.75) is 12.3 Å². The average molecular weight is 599 g/mol. The number of hydrogen-bond acceptors (Lipinski definition) is 1. The first-order valence-electron chi connectivity index (χ1n) is 16.4. The molecule has 0 amide bonds. The highest BCUT2D eigenvalue weighted by atomic mass is 16.5. The van der Waals surface area contributed by atoms with E-state index in [0.717, 1.165) is 17.9 Å². The first kappa shape index (κ1) is 26.3. The predicted molar refractivity (Wildman–Crippen MR) is 198 cm³/mol. The van der Waals surface area contributed by atoms with Crippen molar-refractivity contribution in [3.05, 3.63) is 175 Å². The second-order valence-corrected chi connectivity index (χ2v) is 12.8. The molecule has 2 aliphatic rings. The molecule has 1 aliphatic heterocycles. The third-order valence-corrected chi connectivity index (χ3v) is 10.2. The molecule has 0 saturated heterocycles. The standard InChI is InChI=1S/C46H30O/c1-2-12-31-26-33(21-20-29(31)10-1)32-13-9-14-34(27-32)45-39-18-6-5-17-38(39)44(40-24-22-30-11-3-4-15-36(30)46(40)45)35-23-25-43-41(28-35)37-16-7-8-19-42(37)47-43/h1-15,17-28,37H,16H2. The molecule has 8 aromatic rings. The van der Waals surface area contributed by atoms with E-state index in [1.54, 1.807) is 0 Å². The second-order valence-electron chi connectivity index (χ2n) is 12.8. The van der Waals surface area contributed by atoms with Crippen molar-refractivity contribution in [3.63, 3.8) is 0 Å². The molecule has 1 aliphatic carbocycles. The van der Waals surface area contributed by atoms with Crippen molar-refractivity contribution in [2.24, 2.45) is 0 Å². The van der Waals surface area contributed by atoms with E-state index < -0.39 is 0 Å². The summed E-state index contributed by atoms with van der Waals surface area (Å²) in [6, 6.07) is 53.7. The smallest absolute Gasteiger partial charge is 0.130 e. The van der Waals surface area contributed by atoms with E-state index in [-0.39, 0.29) is 5.92 Å². The molecule has 1 nitrogen and oxygen atoms in total. The maximum Gasteiger partial charge on any atom is 0.130 e. The van der Waals surface area contributed by atoms with Gasteiger partial charge in [0.1, 0.15) is 11.5 Å². The Balaban J connectivity index is 1.26. The van der Waals surface area contributed by atoms with Crippen molar-refractivity contribution < 1.29 is 4.74 Å². The summed E-state index contributed by atoms with van der Waals surface area (Å²) in [5, 5.41) is 10.1. The van der Waals surface area contributed by atoms with Gasteiger partial charge in [-0.3, -0.25) is 0 Å². The molecule has 220 valence electrons. The van der Waals surface area contributed by atoms with Crippen LogP contribution in [0, 0.1) is 0 Å². The fourth-order valence-electron chi connectivity index (χ4n) is 7.97. The summed E-state index contributed by atoms with van der Waals surface area (Å²) in [6.07, 6.45) is 7.45. The van der Waals surface area contributed by atoms with Crippen LogP contribution in [0.2, 0.25) is 0 Å². The van der Waals surface area contributed by atoms with Gasteiger partial charge in [-0.2, -0.15) is 0 Å². The number of hydrogen-bond donors (Lipinski definition) is 0. The molecule has 1 unspecified atom stereocenters. The van der Waals surface area contributed by atoms with Gasteiger partial charge in [-0.25, -0.2) is 0 Å². The van der Waals surface area contributed by atoms with E-state index in [2.05, 4.69) is 164 Å². The molecule has 1 heteroatoms. The molecule has 0 bridgehead atoms. The summed E-state index contributed by atoms with van der Waals surface area (Å²) in [7, 11) is 0. The van der Waals surface area contributed by atoms with Gasteiger partial charge in [0.15, 0.2) is 0 Å². The van der Waals surface area contributed by atoms with Crippen LogP contribution in [0.15, 0.2) is 170 Å². The van der Waals surface area contributed by atoms with Crippen LogP contribution in [0.25, 0.3) is 76.5 Å². The Hall–Kier alpha value is -5.92. The lowest BCUT2D eigenvalue weighted by Crippen LogP contribution is -2.00. The zero-order valence-electron chi connectivity index (χ0n) is 25.8. The third kappa shape index (κ3) is 4.10. The van der Waals surface area contributed by atoms with Gasteiger partial charge in [-0.15, -0.1) is 0 Å². The molecule has 8 aromatic carbocycles. The van der Waals surface area contributed by atoms with Gasteiger partial charge in [0, 0.05) is 11.5 Å². The van der Waals surface area contributed by atoms with E-state index in [1.165, 1.54) is 82.0 Å². The Labute approximate surface area is 273 Å². The molecular weight excluding hydrogens is 569 g/mol. The number of benzene rings is 8. The van der Waals surface area contributed by atoms with E-state index in [1.807, 2.05) is 0 Å². The van der Waals surface area contributed by atoms with Gasteiger partial charge in [-0.05, 0) is 113 Å². The minimum atomic E-state index is 0.283. The molecular formula is C46H30O. The van der Waals surface area contributed by atoms with Crippen molar-refractivity contribution in [2.75, 3.05) is 0 Å². The maximum absolute atomic E-state index is 6.29. The summed E-state index contributed by atoms with van der Waals surface area (Å²) >= 11 is 0. The second kappa shape index (κ2) is 10.3. The third-order valence-electron chi connectivity index (χ3n) is 10.2. The SMILES string of the molecule is C1=CCC2C(=C1)Oc1ccc(-c3c4ccccc4c(-c4cccc(-c5ccc6ccccc6c5)c4)c4c3ccc3ccccc34)cc12. The van der Waals surface area contributed by atoms with Crippen LogP contribution in [-0.2, 0) is 0 Å². The molecule has 0 radical (unpaired) electrons. The van der Waals surface area contributed by atoms with Crippen LogP contribution in [0.1, 0.15) is 17.9 Å². The summed E-state index contributed by atoms with van der Waals surface area (Å²) in [6.45, 7) is 0. The topological polar surface area (TPSA) is 9.23 Å². The fourth-order valence-corrected chi connectivity index (χ4v) is 7.97. The van der Waals surface area contributed by atoms with Crippen LogP contribution in [-0.4, -0.2) is 0 Å². The summed E-state index contributed by atoms with van der Waals surface area (Å²) in [5.74, 6) is 2.32. The first-order valence-corrected chi connectivity index (χ1v) is 16.4. The first-order chi connectivity index (χ1) is 23.3. The molecule has 1 heterocycles. The Kier molecular flexibility index (Phi) is 5.77. The lowest BCUT2D eigenvalue weighted by atomic mass is 9.82. The predicted octanol–water partition coefficient (Wildman–Crippen LogP) is 12.6. The van der Waals surface area contributed by atoms with E-state index in [9.17, 15) is 0 Å². The quantitative estimate of drug-likeness (QED) is 0.145. The molecule has 0 spiro atoms. The van der Waals surface area contributed by atoms with E-state index in [4.69, 9.17) is 4.74 Å². The highest BCUT2D eigenvalue weighted by Gasteiger charge is 2.30. The monoisotopic (exact) mass is 598 g/mol. The van der Waals surface area contributed by atoms with Gasteiger partial charge in [0.2, 0.25) is 0 Å². The van der Waals surface area contributed by atoms with Crippen LogP contribution in [0.5, 0.6) is 5.75 Å². The lowest BCUT2D eigenvalue weighted by molar-refractivity contribution is 0.425. The van der Waals surface area contributed by atoms with E-state index >= 15 is 0 Å².